The molecule has 1 fully saturated rings. The molecule has 2 atom stereocenters. The Kier molecular flexibility index (Phi) is 5.87. The highest BCUT2D eigenvalue weighted by atomic mass is 35.5. The van der Waals surface area contributed by atoms with Gasteiger partial charge in [-0.05, 0) is 41.5 Å². The van der Waals surface area contributed by atoms with Gasteiger partial charge < -0.3 is 14.6 Å². The number of aliphatic hydroxyl groups is 1. The van der Waals surface area contributed by atoms with Crippen LogP contribution in [0.3, 0.4) is 0 Å². The Labute approximate surface area is 162 Å². The lowest BCUT2D eigenvalue weighted by Crippen LogP contribution is -2.31. The standard InChI is InChI=1S/C20H18Cl2O4/c1-25-15-4-2-3-12(7-15)18-8-13(21)9-19(22)17(18)6-5-16-10-14(23)11-20(24)26-16/h2-9,14,16,23H,10-11H2,1H3/b6-5+/t14-,16-/m1/s1. The van der Waals surface area contributed by atoms with E-state index in [1.807, 2.05) is 30.3 Å². The molecular formula is C20H18Cl2O4. The molecule has 1 aliphatic rings. The molecule has 0 spiro atoms. The molecule has 0 aromatic heterocycles. The zero-order chi connectivity index (χ0) is 18.7. The molecule has 2 aromatic carbocycles. The van der Waals surface area contributed by atoms with Gasteiger partial charge >= 0.3 is 5.97 Å². The van der Waals surface area contributed by atoms with Crippen LogP contribution in [0.15, 0.2) is 42.5 Å². The maximum Gasteiger partial charge on any atom is 0.309 e. The Bertz CT molecular complexity index is 848. The quantitative estimate of drug-likeness (QED) is 0.762. The summed E-state index contributed by atoms with van der Waals surface area (Å²) in [6.45, 7) is 0. The highest BCUT2D eigenvalue weighted by Gasteiger charge is 2.25. The lowest BCUT2D eigenvalue weighted by molar-refractivity contribution is -0.156. The molecule has 1 aliphatic heterocycles. The summed E-state index contributed by atoms with van der Waals surface area (Å²) in [4.78, 5) is 11.5. The van der Waals surface area contributed by atoms with Crippen molar-refractivity contribution in [1.82, 2.24) is 0 Å². The fourth-order valence-corrected chi connectivity index (χ4v) is 3.47. The first kappa shape index (κ1) is 18.8. The Hall–Kier alpha value is -2.01. The molecule has 4 nitrogen and oxygen atoms in total. The average Bonchev–Trinajstić information content (AvgIpc) is 2.59. The number of ether oxygens (including phenoxy) is 2. The fraction of sp³-hybridized carbons (Fsp3) is 0.250. The van der Waals surface area contributed by atoms with E-state index in [9.17, 15) is 9.90 Å². The smallest absolute Gasteiger partial charge is 0.309 e. The van der Waals surface area contributed by atoms with Gasteiger partial charge in [0.1, 0.15) is 11.9 Å². The number of esters is 1. The molecule has 3 rings (SSSR count). The monoisotopic (exact) mass is 392 g/mol. The molecule has 1 N–H and O–H groups in total. The van der Waals surface area contributed by atoms with Gasteiger partial charge in [0.2, 0.25) is 0 Å². The zero-order valence-corrected chi connectivity index (χ0v) is 15.6. The molecule has 0 amide bonds. The van der Waals surface area contributed by atoms with Crippen molar-refractivity contribution in [3.63, 3.8) is 0 Å². The Morgan fingerprint density at radius 3 is 2.81 bits per heavy atom. The number of methoxy groups -OCH3 is 1. The van der Waals surface area contributed by atoms with Crippen LogP contribution in [0.5, 0.6) is 5.75 Å². The summed E-state index contributed by atoms with van der Waals surface area (Å²) in [6, 6.07) is 11.1. The predicted octanol–water partition coefficient (Wildman–Crippen LogP) is 4.75. The highest BCUT2D eigenvalue weighted by molar-refractivity contribution is 6.36. The third kappa shape index (κ3) is 4.39. The molecule has 0 radical (unpaired) electrons. The molecule has 6 heteroatoms. The lowest BCUT2D eigenvalue weighted by Gasteiger charge is -2.23. The number of carbonyl (C=O) groups excluding carboxylic acids is 1. The summed E-state index contributed by atoms with van der Waals surface area (Å²) in [5.41, 5.74) is 2.48. The van der Waals surface area contributed by atoms with E-state index in [4.69, 9.17) is 32.7 Å². The maximum atomic E-state index is 11.5. The first-order chi connectivity index (χ1) is 12.5. The lowest BCUT2D eigenvalue weighted by atomic mass is 9.97. The molecule has 0 unspecified atom stereocenters. The van der Waals surface area contributed by atoms with Gasteiger partial charge in [-0.2, -0.15) is 0 Å². The molecule has 26 heavy (non-hydrogen) atoms. The van der Waals surface area contributed by atoms with Crippen molar-refractivity contribution in [3.05, 3.63) is 58.1 Å². The van der Waals surface area contributed by atoms with E-state index >= 15 is 0 Å². The first-order valence-corrected chi connectivity index (χ1v) is 8.91. The van der Waals surface area contributed by atoms with Gasteiger partial charge in [0.25, 0.3) is 0 Å². The van der Waals surface area contributed by atoms with E-state index in [-0.39, 0.29) is 6.42 Å². The van der Waals surface area contributed by atoms with Gasteiger partial charge in [-0.1, -0.05) is 41.4 Å². The van der Waals surface area contributed by atoms with Crippen LogP contribution in [0.25, 0.3) is 17.2 Å². The van der Waals surface area contributed by atoms with Crippen LogP contribution in [0.2, 0.25) is 10.0 Å². The van der Waals surface area contributed by atoms with Crippen molar-refractivity contribution in [2.24, 2.45) is 0 Å². The third-order valence-electron chi connectivity index (χ3n) is 4.14. The Morgan fingerprint density at radius 1 is 1.27 bits per heavy atom. The topological polar surface area (TPSA) is 55.8 Å². The summed E-state index contributed by atoms with van der Waals surface area (Å²) in [5, 5.41) is 10.7. The van der Waals surface area contributed by atoms with E-state index in [1.54, 1.807) is 25.3 Å². The largest absolute Gasteiger partial charge is 0.497 e. The third-order valence-corrected chi connectivity index (χ3v) is 4.67. The van der Waals surface area contributed by atoms with Crippen LogP contribution in [0.1, 0.15) is 18.4 Å². The second-order valence-corrected chi connectivity index (χ2v) is 6.91. The van der Waals surface area contributed by atoms with E-state index < -0.39 is 18.2 Å². The van der Waals surface area contributed by atoms with E-state index in [0.29, 0.717) is 16.5 Å². The predicted molar refractivity (Wildman–Crippen MR) is 103 cm³/mol. The second kappa shape index (κ2) is 8.12. The summed E-state index contributed by atoms with van der Waals surface area (Å²) in [7, 11) is 1.60. The molecule has 1 heterocycles. The summed E-state index contributed by atoms with van der Waals surface area (Å²) >= 11 is 12.6. The minimum Gasteiger partial charge on any atom is -0.497 e. The van der Waals surface area contributed by atoms with Crippen molar-refractivity contribution in [1.29, 1.82) is 0 Å². The van der Waals surface area contributed by atoms with Crippen molar-refractivity contribution < 1.29 is 19.4 Å². The molecule has 0 aliphatic carbocycles. The molecule has 2 aromatic rings. The van der Waals surface area contributed by atoms with Crippen LogP contribution in [0.4, 0.5) is 0 Å². The molecule has 136 valence electrons. The zero-order valence-electron chi connectivity index (χ0n) is 14.1. The SMILES string of the molecule is COc1cccc(-c2cc(Cl)cc(Cl)c2/C=C/[C@@H]2C[C@@H](O)CC(=O)O2)c1. The van der Waals surface area contributed by atoms with Gasteiger partial charge in [-0.25, -0.2) is 0 Å². The van der Waals surface area contributed by atoms with Crippen molar-refractivity contribution >= 4 is 35.2 Å². The normalized spacial score (nSPS) is 20.2. The number of hydrogen-bond acceptors (Lipinski definition) is 4. The second-order valence-electron chi connectivity index (χ2n) is 6.06. The van der Waals surface area contributed by atoms with Crippen molar-refractivity contribution in [3.8, 4) is 16.9 Å². The number of halogens is 2. The maximum absolute atomic E-state index is 11.5. The Balaban J connectivity index is 1.98. The summed E-state index contributed by atoms with van der Waals surface area (Å²) in [5.74, 6) is 0.312. The Morgan fingerprint density at radius 2 is 2.08 bits per heavy atom. The van der Waals surface area contributed by atoms with Crippen LogP contribution in [0, 0.1) is 0 Å². The minimum absolute atomic E-state index is 0.0289. The average molecular weight is 393 g/mol. The van der Waals surface area contributed by atoms with Gasteiger partial charge in [0.05, 0.1) is 19.6 Å². The number of cyclic esters (lactones) is 1. The summed E-state index contributed by atoms with van der Waals surface area (Å²) < 4.78 is 10.5. The van der Waals surface area contributed by atoms with Crippen LogP contribution in [-0.4, -0.2) is 30.4 Å². The number of carbonyl (C=O) groups is 1. The summed E-state index contributed by atoms with van der Waals surface area (Å²) in [6.07, 6.45) is 2.74. The minimum atomic E-state index is -0.690. The molecular weight excluding hydrogens is 375 g/mol. The molecule has 1 saturated heterocycles. The highest BCUT2D eigenvalue weighted by Crippen LogP contribution is 2.35. The number of benzene rings is 2. The van der Waals surface area contributed by atoms with E-state index in [0.717, 1.165) is 22.4 Å². The number of hydrogen-bond donors (Lipinski definition) is 1. The molecule has 0 bridgehead atoms. The van der Waals surface area contributed by atoms with Crippen molar-refractivity contribution in [2.45, 2.75) is 25.0 Å². The first-order valence-electron chi connectivity index (χ1n) is 8.15. The molecule has 0 saturated carbocycles. The number of rotatable bonds is 4. The van der Waals surface area contributed by atoms with Crippen LogP contribution < -0.4 is 4.74 Å². The van der Waals surface area contributed by atoms with Gasteiger partial charge in [0, 0.05) is 22.0 Å². The van der Waals surface area contributed by atoms with Gasteiger partial charge in [0.15, 0.2) is 0 Å². The van der Waals surface area contributed by atoms with Crippen LogP contribution in [-0.2, 0) is 9.53 Å². The van der Waals surface area contributed by atoms with Gasteiger partial charge in [-0.3, -0.25) is 4.79 Å². The van der Waals surface area contributed by atoms with E-state index in [1.165, 1.54) is 0 Å². The van der Waals surface area contributed by atoms with Crippen molar-refractivity contribution in [2.75, 3.05) is 7.11 Å². The fourth-order valence-electron chi connectivity index (χ4n) is 2.91. The van der Waals surface area contributed by atoms with Crippen LogP contribution >= 0.6 is 23.2 Å². The van der Waals surface area contributed by atoms with Gasteiger partial charge in [-0.15, -0.1) is 0 Å². The number of aliphatic hydroxyl groups excluding tert-OH is 1. The van der Waals surface area contributed by atoms with E-state index in [2.05, 4.69) is 0 Å².